The van der Waals surface area contributed by atoms with E-state index in [-0.39, 0.29) is 6.61 Å². The third-order valence-corrected chi connectivity index (χ3v) is 3.19. The van der Waals surface area contributed by atoms with Crippen LogP contribution in [-0.2, 0) is 21.1 Å². The Morgan fingerprint density at radius 3 is 1.74 bits per heavy atom. The lowest BCUT2D eigenvalue weighted by Crippen LogP contribution is -2.33. The molecule has 0 amide bonds. The van der Waals surface area contributed by atoms with Gasteiger partial charge in [0.15, 0.2) is 0 Å². The molecule has 2 aromatic rings. The molecule has 0 spiro atoms. The third-order valence-electron chi connectivity index (χ3n) is 2.87. The summed E-state index contributed by atoms with van der Waals surface area (Å²) in [4.78, 5) is 0. The van der Waals surface area contributed by atoms with Crippen molar-refractivity contribution in [2.75, 3.05) is 6.61 Å². The van der Waals surface area contributed by atoms with Gasteiger partial charge in [-0.2, -0.15) is 4.21 Å². The Hall–Kier alpha value is -1.53. The zero-order valence-corrected chi connectivity index (χ0v) is 10.9. The van der Waals surface area contributed by atoms with Crippen molar-refractivity contribution in [2.45, 2.75) is 5.60 Å². The number of hydrogen-bond donors (Lipinski definition) is 2. The summed E-state index contributed by atoms with van der Waals surface area (Å²) >= 11 is -2.42. The van der Waals surface area contributed by atoms with Gasteiger partial charge in [-0.25, -0.2) is 0 Å². The van der Waals surface area contributed by atoms with E-state index in [1.54, 1.807) is 48.5 Å². The predicted molar refractivity (Wildman–Crippen MR) is 72.6 cm³/mol. The van der Waals surface area contributed by atoms with Crippen LogP contribution in [0, 0.1) is 0 Å². The molecule has 1 atom stereocenters. The summed E-state index contributed by atoms with van der Waals surface area (Å²) in [7, 11) is 0. The van der Waals surface area contributed by atoms with Crippen LogP contribution in [-0.4, -0.2) is 20.5 Å². The normalized spacial score (nSPS) is 13.2. The second-order valence-electron chi connectivity index (χ2n) is 4.07. The van der Waals surface area contributed by atoms with Crippen LogP contribution in [0.5, 0.6) is 0 Å². The van der Waals surface area contributed by atoms with E-state index in [2.05, 4.69) is 0 Å². The molecule has 2 N–H and O–H groups in total. The van der Waals surface area contributed by atoms with Gasteiger partial charge in [-0.15, -0.1) is 0 Å². The maximum atomic E-state index is 10.8. The van der Waals surface area contributed by atoms with Gasteiger partial charge >= 0.3 is 11.4 Å². The fourth-order valence-electron chi connectivity index (χ4n) is 1.90. The van der Waals surface area contributed by atoms with Gasteiger partial charge in [-0.3, -0.25) is 8.74 Å². The molecule has 5 heteroatoms. The van der Waals surface area contributed by atoms with E-state index in [0.717, 1.165) is 0 Å². The molecule has 0 radical (unpaired) electrons. The first kappa shape index (κ1) is 13.9. The van der Waals surface area contributed by atoms with Crippen LogP contribution >= 0.6 is 0 Å². The Morgan fingerprint density at radius 2 is 1.37 bits per heavy atom. The van der Waals surface area contributed by atoms with E-state index in [4.69, 9.17) is 8.74 Å². The Bertz CT molecular complexity index is 502. The molecule has 1 unspecified atom stereocenters. The predicted octanol–water partition coefficient (Wildman–Crippen LogP) is 2.08. The third kappa shape index (κ3) is 3.27. The quantitative estimate of drug-likeness (QED) is 0.822. The molecule has 19 heavy (non-hydrogen) atoms. The van der Waals surface area contributed by atoms with Crippen LogP contribution < -0.4 is 0 Å². The highest BCUT2D eigenvalue weighted by molar-refractivity contribution is 7.74. The van der Waals surface area contributed by atoms with E-state index < -0.39 is 17.0 Å². The number of aliphatic hydroxyl groups is 1. The second-order valence-corrected chi connectivity index (χ2v) is 4.74. The molecule has 0 saturated carbocycles. The highest BCUT2D eigenvalue weighted by Crippen LogP contribution is 2.29. The average molecular weight is 278 g/mol. The summed E-state index contributed by atoms with van der Waals surface area (Å²) in [5.41, 5.74) is -0.251. The number of benzene rings is 2. The van der Waals surface area contributed by atoms with Crippen molar-refractivity contribution < 1.29 is 18.1 Å². The van der Waals surface area contributed by atoms with Gasteiger partial charge in [0, 0.05) is 0 Å². The Labute approximate surface area is 114 Å². The van der Waals surface area contributed by atoms with Crippen molar-refractivity contribution in [3.8, 4) is 0 Å². The van der Waals surface area contributed by atoms with Crippen LogP contribution in [0.2, 0.25) is 0 Å². The molecular formula is C14H14O4S. The average Bonchev–Trinajstić information content (AvgIpc) is 2.46. The van der Waals surface area contributed by atoms with Crippen LogP contribution in [0.4, 0.5) is 0 Å². The number of hydrogen-bond acceptors (Lipinski definition) is 3. The lowest BCUT2D eigenvalue weighted by Gasteiger charge is -2.28. The van der Waals surface area contributed by atoms with E-state index in [1.807, 2.05) is 12.1 Å². The summed E-state index contributed by atoms with van der Waals surface area (Å²) < 4.78 is 24.1. The number of rotatable bonds is 5. The van der Waals surface area contributed by atoms with E-state index in [1.165, 1.54) is 0 Å². The van der Waals surface area contributed by atoms with Crippen molar-refractivity contribution in [3.05, 3.63) is 71.8 Å². The Morgan fingerprint density at radius 1 is 0.947 bits per heavy atom. The molecule has 100 valence electrons. The van der Waals surface area contributed by atoms with E-state index >= 15 is 0 Å². The van der Waals surface area contributed by atoms with Crippen molar-refractivity contribution in [1.29, 1.82) is 0 Å². The fraction of sp³-hybridized carbons (Fsp3) is 0.143. The summed E-state index contributed by atoms with van der Waals surface area (Å²) in [6.45, 7) is -0.301. The van der Waals surface area contributed by atoms with Gasteiger partial charge in [-0.1, -0.05) is 60.7 Å². The Kier molecular flexibility index (Phi) is 4.44. The van der Waals surface area contributed by atoms with E-state index in [0.29, 0.717) is 11.1 Å². The minimum Gasteiger partial charge on any atom is -0.378 e. The monoisotopic (exact) mass is 278 g/mol. The van der Waals surface area contributed by atoms with Gasteiger partial charge in [0.05, 0.1) is 0 Å². The smallest absolute Gasteiger partial charge is 0.302 e. The maximum absolute atomic E-state index is 10.8. The summed E-state index contributed by atoms with van der Waals surface area (Å²) in [5, 5.41) is 10.8. The lowest BCUT2D eigenvalue weighted by molar-refractivity contribution is 0.0293. The van der Waals surface area contributed by atoms with E-state index in [9.17, 15) is 9.32 Å². The zero-order chi connectivity index (χ0) is 13.7. The molecule has 0 saturated heterocycles. The van der Waals surface area contributed by atoms with Crippen LogP contribution in [0.3, 0.4) is 0 Å². The fourth-order valence-corrected chi connectivity index (χ4v) is 2.17. The van der Waals surface area contributed by atoms with Gasteiger partial charge in [-0.05, 0) is 11.1 Å². The standard InChI is InChI=1S/C14H14O4S/c15-14(11-18-19(16)17,12-7-3-1-4-8-12)13-9-5-2-6-10-13/h1-10,15H,11H2,(H,16,17). The molecule has 2 aromatic carbocycles. The van der Waals surface area contributed by atoms with Crippen LogP contribution in [0.1, 0.15) is 11.1 Å². The van der Waals surface area contributed by atoms with Crippen LogP contribution in [0.15, 0.2) is 60.7 Å². The molecule has 2 rings (SSSR count). The first-order valence-corrected chi connectivity index (χ1v) is 6.73. The lowest BCUT2D eigenvalue weighted by atomic mass is 9.87. The molecule has 0 aliphatic heterocycles. The second kappa shape index (κ2) is 6.08. The molecule has 0 fully saturated rings. The first-order valence-electron chi connectivity index (χ1n) is 5.70. The van der Waals surface area contributed by atoms with Crippen LogP contribution in [0.25, 0.3) is 0 Å². The van der Waals surface area contributed by atoms with Gasteiger partial charge in [0.1, 0.15) is 12.2 Å². The molecule has 4 nitrogen and oxygen atoms in total. The van der Waals surface area contributed by atoms with Crippen molar-refractivity contribution >= 4 is 11.4 Å². The SMILES string of the molecule is O=S(O)OCC(O)(c1ccccc1)c1ccccc1. The molecular weight excluding hydrogens is 264 g/mol. The molecule has 0 heterocycles. The first-order chi connectivity index (χ1) is 9.13. The molecule has 0 aromatic heterocycles. The van der Waals surface area contributed by atoms with Crippen molar-refractivity contribution in [3.63, 3.8) is 0 Å². The zero-order valence-electron chi connectivity index (χ0n) is 10.1. The minimum absolute atomic E-state index is 0.301. The molecule has 0 aliphatic carbocycles. The molecule has 0 bridgehead atoms. The van der Waals surface area contributed by atoms with Gasteiger partial charge in [0.2, 0.25) is 0 Å². The largest absolute Gasteiger partial charge is 0.378 e. The summed E-state index contributed by atoms with van der Waals surface area (Å²) in [6.07, 6.45) is 0. The Balaban J connectivity index is 2.41. The highest BCUT2D eigenvalue weighted by atomic mass is 32.2. The highest BCUT2D eigenvalue weighted by Gasteiger charge is 2.32. The topological polar surface area (TPSA) is 66.8 Å². The molecule has 0 aliphatic rings. The van der Waals surface area contributed by atoms with Gasteiger partial charge < -0.3 is 5.11 Å². The summed E-state index contributed by atoms with van der Waals surface area (Å²) in [5.74, 6) is 0. The van der Waals surface area contributed by atoms with Crippen molar-refractivity contribution in [2.24, 2.45) is 0 Å². The maximum Gasteiger partial charge on any atom is 0.302 e. The summed E-state index contributed by atoms with van der Waals surface area (Å²) in [6, 6.07) is 17.8. The van der Waals surface area contributed by atoms with Crippen molar-refractivity contribution in [1.82, 2.24) is 0 Å². The van der Waals surface area contributed by atoms with Gasteiger partial charge in [0.25, 0.3) is 0 Å². The minimum atomic E-state index is -2.42.